The fourth-order valence-electron chi connectivity index (χ4n) is 3.64. The van der Waals surface area contributed by atoms with Gasteiger partial charge >= 0.3 is 0 Å². The Bertz CT molecular complexity index is 749. The van der Waals surface area contributed by atoms with Crippen LogP contribution < -0.4 is 10.0 Å². The molecule has 1 amide bonds. The summed E-state index contributed by atoms with van der Waals surface area (Å²) < 4.78 is 27.5. The van der Waals surface area contributed by atoms with Gasteiger partial charge in [-0.2, -0.15) is 0 Å². The second kappa shape index (κ2) is 10.9. The number of carbonyl (C=O) groups is 1. The number of sulfonamides is 1. The van der Waals surface area contributed by atoms with Gasteiger partial charge in [0.05, 0.1) is 4.90 Å². The first-order valence-electron chi connectivity index (χ1n) is 10.4. The molecule has 1 aromatic rings. The summed E-state index contributed by atoms with van der Waals surface area (Å²) in [6.07, 6.45) is 6.06. The predicted molar refractivity (Wildman–Crippen MR) is 113 cm³/mol. The molecule has 158 valence electrons. The van der Waals surface area contributed by atoms with E-state index in [4.69, 9.17) is 0 Å². The van der Waals surface area contributed by atoms with Crippen LogP contribution in [0.1, 0.15) is 56.6 Å². The Morgan fingerprint density at radius 2 is 2.04 bits per heavy atom. The Balaban J connectivity index is 1.78. The molecule has 0 radical (unpaired) electrons. The molecule has 6 nitrogen and oxygen atoms in total. The molecule has 1 saturated heterocycles. The highest BCUT2D eigenvalue weighted by Gasteiger charge is 2.22. The number of carbonyl (C=O) groups excluding carboxylic acids is 1. The molecule has 1 fully saturated rings. The molecule has 0 aromatic heterocycles. The molecular formula is C21H35N3O3S. The van der Waals surface area contributed by atoms with Gasteiger partial charge in [0.15, 0.2) is 0 Å². The minimum atomic E-state index is -3.60. The summed E-state index contributed by atoms with van der Waals surface area (Å²) >= 11 is 0. The number of hydrogen-bond donors (Lipinski definition) is 2. The number of benzene rings is 1. The number of rotatable bonds is 10. The van der Waals surface area contributed by atoms with Gasteiger partial charge in [0.2, 0.25) is 15.9 Å². The van der Waals surface area contributed by atoms with Crippen LogP contribution in [0, 0.1) is 13.8 Å². The molecule has 1 aliphatic heterocycles. The first-order valence-corrected chi connectivity index (χ1v) is 11.9. The molecule has 2 N–H and O–H groups in total. The highest BCUT2D eigenvalue weighted by atomic mass is 32.2. The quantitative estimate of drug-likeness (QED) is 0.623. The van der Waals surface area contributed by atoms with E-state index in [0.717, 1.165) is 25.1 Å². The maximum absolute atomic E-state index is 12.5. The van der Waals surface area contributed by atoms with E-state index in [9.17, 15) is 13.2 Å². The third-order valence-electron chi connectivity index (χ3n) is 5.36. The van der Waals surface area contributed by atoms with E-state index >= 15 is 0 Å². The summed E-state index contributed by atoms with van der Waals surface area (Å²) in [5, 5.41) is 2.99. The van der Waals surface area contributed by atoms with E-state index < -0.39 is 10.0 Å². The van der Waals surface area contributed by atoms with Crippen LogP contribution in [0.25, 0.3) is 0 Å². The van der Waals surface area contributed by atoms with Crippen molar-refractivity contribution in [2.75, 3.05) is 26.2 Å². The summed E-state index contributed by atoms with van der Waals surface area (Å²) in [5.41, 5.74) is 1.59. The number of hydrogen-bond acceptors (Lipinski definition) is 4. The van der Waals surface area contributed by atoms with Crippen LogP contribution in [0.2, 0.25) is 0 Å². The van der Waals surface area contributed by atoms with Crippen LogP contribution in [-0.4, -0.2) is 51.4 Å². The van der Waals surface area contributed by atoms with Crippen LogP contribution in [0.3, 0.4) is 0 Å². The predicted octanol–water partition coefficient (Wildman–Crippen LogP) is 2.74. The molecule has 7 heteroatoms. The maximum Gasteiger partial charge on any atom is 0.240 e. The lowest BCUT2D eigenvalue weighted by Crippen LogP contribution is -2.47. The smallest absolute Gasteiger partial charge is 0.240 e. The Kier molecular flexibility index (Phi) is 8.92. The largest absolute Gasteiger partial charge is 0.354 e. The molecule has 0 saturated carbocycles. The van der Waals surface area contributed by atoms with Crippen LogP contribution in [-0.2, 0) is 14.8 Å². The van der Waals surface area contributed by atoms with Gasteiger partial charge in [0.1, 0.15) is 0 Å². The number of amides is 1. The Labute approximate surface area is 170 Å². The van der Waals surface area contributed by atoms with Crippen molar-refractivity contribution in [3.8, 4) is 0 Å². The zero-order chi connectivity index (χ0) is 20.6. The SMILES string of the molecule is CCCCN1CCCCC1CNC(=O)CCNS(=O)(=O)c1cc(C)ccc1C. The average molecular weight is 410 g/mol. The van der Waals surface area contributed by atoms with Crippen molar-refractivity contribution >= 4 is 15.9 Å². The third-order valence-corrected chi connectivity index (χ3v) is 6.96. The van der Waals surface area contributed by atoms with E-state index in [2.05, 4.69) is 21.9 Å². The highest BCUT2D eigenvalue weighted by molar-refractivity contribution is 7.89. The fourth-order valence-corrected chi connectivity index (χ4v) is 5.00. The molecule has 2 rings (SSSR count). The highest BCUT2D eigenvalue weighted by Crippen LogP contribution is 2.18. The summed E-state index contributed by atoms with van der Waals surface area (Å²) in [4.78, 5) is 14.9. The fraction of sp³-hybridized carbons (Fsp3) is 0.667. The van der Waals surface area contributed by atoms with Crippen molar-refractivity contribution < 1.29 is 13.2 Å². The second-order valence-corrected chi connectivity index (χ2v) is 9.50. The number of aryl methyl sites for hydroxylation is 2. The first-order chi connectivity index (χ1) is 13.3. The van der Waals surface area contributed by atoms with E-state index in [1.807, 2.05) is 13.0 Å². The summed E-state index contributed by atoms with van der Waals surface area (Å²) in [7, 11) is -3.60. The molecule has 0 aliphatic carbocycles. The third kappa shape index (κ3) is 6.87. The van der Waals surface area contributed by atoms with Crippen LogP contribution in [0.15, 0.2) is 23.1 Å². The van der Waals surface area contributed by atoms with Crippen LogP contribution in [0.4, 0.5) is 0 Å². The minimum absolute atomic E-state index is 0.103. The molecule has 1 unspecified atom stereocenters. The molecule has 1 aliphatic rings. The molecule has 1 atom stereocenters. The molecule has 28 heavy (non-hydrogen) atoms. The Morgan fingerprint density at radius 3 is 2.79 bits per heavy atom. The van der Waals surface area contributed by atoms with Gasteiger partial charge < -0.3 is 5.32 Å². The van der Waals surface area contributed by atoms with Gasteiger partial charge in [-0.3, -0.25) is 9.69 Å². The first kappa shape index (κ1) is 22.8. The lowest BCUT2D eigenvalue weighted by atomic mass is 10.0. The van der Waals surface area contributed by atoms with E-state index in [-0.39, 0.29) is 23.8 Å². The molecule has 0 bridgehead atoms. The molecular weight excluding hydrogens is 374 g/mol. The molecule has 1 heterocycles. The summed E-state index contributed by atoms with van der Waals surface area (Å²) in [6.45, 7) is 8.77. The van der Waals surface area contributed by atoms with Crippen LogP contribution >= 0.6 is 0 Å². The maximum atomic E-state index is 12.5. The average Bonchev–Trinajstić information content (AvgIpc) is 2.67. The van der Waals surface area contributed by atoms with Crippen molar-refractivity contribution in [1.29, 1.82) is 0 Å². The topological polar surface area (TPSA) is 78.5 Å². The van der Waals surface area contributed by atoms with Gasteiger partial charge in [0.25, 0.3) is 0 Å². The number of nitrogens with one attached hydrogen (secondary N) is 2. The van der Waals surface area contributed by atoms with E-state index in [0.29, 0.717) is 18.2 Å². The Hall–Kier alpha value is -1.44. The minimum Gasteiger partial charge on any atom is -0.354 e. The van der Waals surface area contributed by atoms with Gasteiger partial charge in [-0.25, -0.2) is 13.1 Å². The Morgan fingerprint density at radius 1 is 1.25 bits per heavy atom. The zero-order valence-electron chi connectivity index (χ0n) is 17.5. The van der Waals surface area contributed by atoms with Crippen molar-refractivity contribution in [2.24, 2.45) is 0 Å². The number of piperidine rings is 1. The monoisotopic (exact) mass is 409 g/mol. The summed E-state index contributed by atoms with van der Waals surface area (Å²) in [5.74, 6) is -0.107. The van der Waals surface area contributed by atoms with Crippen molar-refractivity contribution in [2.45, 2.75) is 70.2 Å². The summed E-state index contributed by atoms with van der Waals surface area (Å²) in [6, 6.07) is 5.74. The number of nitrogens with zero attached hydrogens (tertiary/aromatic N) is 1. The van der Waals surface area contributed by atoms with Gasteiger partial charge in [-0.05, 0) is 63.4 Å². The van der Waals surface area contributed by atoms with Crippen LogP contribution in [0.5, 0.6) is 0 Å². The van der Waals surface area contributed by atoms with Crippen molar-refractivity contribution in [1.82, 2.24) is 14.9 Å². The lowest BCUT2D eigenvalue weighted by Gasteiger charge is -2.35. The lowest BCUT2D eigenvalue weighted by molar-refractivity contribution is -0.121. The number of unbranched alkanes of at least 4 members (excludes halogenated alkanes) is 1. The standard InChI is InChI=1S/C21H35N3O3S/c1-4-5-13-24-14-7-6-8-19(24)16-22-21(25)11-12-23-28(26,27)20-15-17(2)9-10-18(20)3/h9-10,15,19,23H,4-8,11-14,16H2,1-3H3,(H,22,25). The van der Waals surface area contributed by atoms with Crippen molar-refractivity contribution in [3.63, 3.8) is 0 Å². The van der Waals surface area contributed by atoms with Gasteiger partial charge in [-0.1, -0.05) is 31.9 Å². The zero-order valence-corrected chi connectivity index (χ0v) is 18.3. The van der Waals surface area contributed by atoms with E-state index in [1.54, 1.807) is 19.1 Å². The molecule has 0 spiro atoms. The van der Waals surface area contributed by atoms with E-state index in [1.165, 1.54) is 25.7 Å². The van der Waals surface area contributed by atoms with Gasteiger partial charge in [0, 0.05) is 25.6 Å². The van der Waals surface area contributed by atoms with Crippen molar-refractivity contribution in [3.05, 3.63) is 29.3 Å². The number of likely N-dealkylation sites (tertiary alicyclic amines) is 1. The second-order valence-electron chi connectivity index (χ2n) is 7.76. The van der Waals surface area contributed by atoms with Gasteiger partial charge in [-0.15, -0.1) is 0 Å². The molecule has 1 aromatic carbocycles. The normalized spacial score (nSPS) is 18.2.